The first-order chi connectivity index (χ1) is 13.4. The van der Waals surface area contributed by atoms with Crippen molar-refractivity contribution in [2.45, 2.75) is 19.8 Å². The van der Waals surface area contributed by atoms with Crippen molar-refractivity contribution >= 4 is 11.9 Å². The summed E-state index contributed by atoms with van der Waals surface area (Å²) in [6.07, 6.45) is 0.398. The van der Waals surface area contributed by atoms with Crippen LogP contribution in [0.3, 0.4) is 0 Å². The number of amides is 1. The van der Waals surface area contributed by atoms with Crippen LogP contribution in [-0.4, -0.2) is 28.7 Å². The highest BCUT2D eigenvalue weighted by Crippen LogP contribution is 2.34. The molecule has 0 aliphatic rings. The number of rotatable bonds is 7. The van der Waals surface area contributed by atoms with Gasteiger partial charge < -0.3 is 20.1 Å². The van der Waals surface area contributed by atoms with Gasteiger partial charge in [0.2, 0.25) is 5.91 Å². The molecule has 0 radical (unpaired) electrons. The van der Waals surface area contributed by atoms with E-state index in [4.69, 9.17) is 15.6 Å². The second kappa shape index (κ2) is 8.00. The molecule has 0 fully saturated rings. The van der Waals surface area contributed by atoms with E-state index in [9.17, 15) is 9.59 Å². The van der Waals surface area contributed by atoms with E-state index in [0.717, 1.165) is 34.0 Å². The van der Waals surface area contributed by atoms with Crippen LogP contribution >= 0.6 is 0 Å². The highest BCUT2D eigenvalue weighted by Gasteiger charge is 2.17. The molecule has 6 heteroatoms. The van der Waals surface area contributed by atoms with Crippen LogP contribution in [0.25, 0.3) is 16.9 Å². The van der Waals surface area contributed by atoms with Gasteiger partial charge in [-0.05, 0) is 61.4 Å². The Morgan fingerprint density at radius 3 is 2.50 bits per heavy atom. The van der Waals surface area contributed by atoms with E-state index in [-0.39, 0.29) is 6.42 Å². The number of primary amides is 1. The molecular formula is C22H22N2O4. The normalized spacial score (nSPS) is 10.6. The van der Waals surface area contributed by atoms with Crippen LogP contribution in [0.2, 0.25) is 0 Å². The van der Waals surface area contributed by atoms with E-state index in [0.29, 0.717) is 12.0 Å². The van der Waals surface area contributed by atoms with Gasteiger partial charge in [0.15, 0.2) is 0 Å². The van der Waals surface area contributed by atoms with E-state index in [1.165, 1.54) is 0 Å². The minimum atomic E-state index is -0.854. The van der Waals surface area contributed by atoms with E-state index < -0.39 is 11.9 Å². The molecule has 2 aromatic carbocycles. The molecule has 144 valence electrons. The number of carbonyl (C=O) groups is 2. The fourth-order valence-electron chi connectivity index (χ4n) is 3.32. The number of hydrogen-bond acceptors (Lipinski definition) is 3. The van der Waals surface area contributed by atoms with Crippen molar-refractivity contribution in [3.05, 3.63) is 71.4 Å². The lowest BCUT2D eigenvalue weighted by atomic mass is 10.1. The van der Waals surface area contributed by atoms with E-state index in [1.54, 1.807) is 19.2 Å². The van der Waals surface area contributed by atoms with Gasteiger partial charge in [0.25, 0.3) is 0 Å². The Kier molecular flexibility index (Phi) is 5.49. The minimum absolute atomic E-state index is 0.0216. The Hall–Kier alpha value is -3.54. The van der Waals surface area contributed by atoms with Gasteiger partial charge in [0, 0.05) is 22.5 Å². The fraction of sp³-hybridized carbons (Fsp3) is 0.182. The van der Waals surface area contributed by atoms with Crippen LogP contribution in [0.15, 0.2) is 54.6 Å². The Bertz CT molecular complexity index is 1040. The van der Waals surface area contributed by atoms with E-state index in [2.05, 4.69) is 0 Å². The number of methoxy groups -OCH3 is 1. The summed E-state index contributed by atoms with van der Waals surface area (Å²) >= 11 is 0. The monoisotopic (exact) mass is 378 g/mol. The summed E-state index contributed by atoms with van der Waals surface area (Å²) in [6.45, 7) is 1.90. The number of nitrogens with zero attached hydrogens (tertiary/aromatic N) is 1. The van der Waals surface area contributed by atoms with Gasteiger partial charge in [0.05, 0.1) is 19.2 Å². The van der Waals surface area contributed by atoms with Crippen LogP contribution in [0, 0.1) is 6.92 Å². The number of nitrogens with two attached hydrogens (primary N) is 1. The molecule has 28 heavy (non-hydrogen) atoms. The first kappa shape index (κ1) is 19.2. The van der Waals surface area contributed by atoms with Crippen molar-refractivity contribution in [2.75, 3.05) is 7.11 Å². The zero-order valence-corrected chi connectivity index (χ0v) is 15.8. The predicted molar refractivity (Wildman–Crippen MR) is 107 cm³/mol. The summed E-state index contributed by atoms with van der Waals surface area (Å²) in [5.41, 5.74) is 10.2. The average molecular weight is 378 g/mol. The number of ether oxygens (including phenoxy) is 1. The molecule has 0 aliphatic heterocycles. The molecule has 0 unspecified atom stereocenters. The van der Waals surface area contributed by atoms with Crippen molar-refractivity contribution in [1.82, 2.24) is 4.57 Å². The number of carboxylic acid groups (broad SMARTS) is 1. The van der Waals surface area contributed by atoms with Crippen LogP contribution in [0.5, 0.6) is 5.75 Å². The van der Waals surface area contributed by atoms with Crippen molar-refractivity contribution in [2.24, 2.45) is 5.73 Å². The molecule has 0 bridgehead atoms. The summed E-state index contributed by atoms with van der Waals surface area (Å²) in [7, 11) is 1.62. The molecular weight excluding hydrogens is 356 g/mol. The molecule has 1 amide bonds. The Morgan fingerprint density at radius 2 is 1.86 bits per heavy atom. The molecule has 3 rings (SSSR count). The lowest BCUT2D eigenvalue weighted by Gasteiger charge is -2.18. The first-order valence-electron chi connectivity index (χ1n) is 8.89. The van der Waals surface area contributed by atoms with Gasteiger partial charge in [-0.2, -0.15) is 0 Å². The zero-order valence-electron chi connectivity index (χ0n) is 15.8. The third-order valence-corrected chi connectivity index (χ3v) is 4.66. The highest BCUT2D eigenvalue weighted by molar-refractivity contribution is 5.93. The number of hydrogen-bond donors (Lipinski definition) is 2. The number of carboxylic acids is 1. The average Bonchev–Trinajstić information content (AvgIpc) is 3.09. The molecule has 0 spiro atoms. The van der Waals surface area contributed by atoms with Gasteiger partial charge in [-0.3, -0.25) is 9.59 Å². The molecule has 1 heterocycles. The third kappa shape index (κ3) is 3.76. The van der Waals surface area contributed by atoms with Crippen LogP contribution in [-0.2, 0) is 11.2 Å². The maximum atomic E-state index is 11.5. The largest absolute Gasteiger partial charge is 0.496 e. The standard InChI is InChI=1S/C22H22N2O4/c1-14-13-15(22(23)27)7-10-18(14)24-16(9-12-21(25)26)8-11-19(24)17-5-3-4-6-20(17)28-2/h3-8,10-11,13H,9,12H2,1-2H3,(H2,23,27)(H,25,26). The van der Waals surface area contributed by atoms with Crippen molar-refractivity contribution in [3.63, 3.8) is 0 Å². The lowest BCUT2D eigenvalue weighted by Crippen LogP contribution is -2.12. The summed E-state index contributed by atoms with van der Waals surface area (Å²) in [5.74, 6) is -0.622. The van der Waals surface area contributed by atoms with E-state index >= 15 is 0 Å². The molecule has 0 saturated heterocycles. The fourth-order valence-corrected chi connectivity index (χ4v) is 3.32. The second-order valence-electron chi connectivity index (χ2n) is 6.50. The molecule has 0 saturated carbocycles. The number of para-hydroxylation sites is 1. The molecule has 6 nitrogen and oxygen atoms in total. The highest BCUT2D eigenvalue weighted by atomic mass is 16.5. The predicted octanol–water partition coefficient (Wildman–Crippen LogP) is 3.58. The summed E-state index contributed by atoms with van der Waals surface area (Å²) in [4.78, 5) is 22.6. The van der Waals surface area contributed by atoms with Gasteiger partial charge in [-0.1, -0.05) is 12.1 Å². The maximum absolute atomic E-state index is 11.5. The van der Waals surface area contributed by atoms with E-state index in [1.807, 2.05) is 54.0 Å². The molecule has 0 aliphatic carbocycles. The lowest BCUT2D eigenvalue weighted by molar-refractivity contribution is -0.136. The topological polar surface area (TPSA) is 94.6 Å². The molecule has 3 N–H and O–H groups in total. The summed E-state index contributed by atoms with van der Waals surface area (Å²) in [5, 5.41) is 9.11. The van der Waals surface area contributed by atoms with Crippen LogP contribution in [0.4, 0.5) is 0 Å². The number of aromatic nitrogens is 1. The number of carbonyl (C=O) groups excluding carboxylic acids is 1. The molecule has 1 aromatic heterocycles. The Balaban J connectivity index is 2.20. The first-order valence-corrected chi connectivity index (χ1v) is 8.89. The number of aliphatic carboxylic acids is 1. The van der Waals surface area contributed by atoms with Crippen molar-refractivity contribution < 1.29 is 19.4 Å². The third-order valence-electron chi connectivity index (χ3n) is 4.66. The maximum Gasteiger partial charge on any atom is 0.303 e. The summed E-state index contributed by atoms with van der Waals surface area (Å²) < 4.78 is 7.53. The van der Waals surface area contributed by atoms with Gasteiger partial charge >= 0.3 is 5.97 Å². The summed E-state index contributed by atoms with van der Waals surface area (Å²) in [6, 6.07) is 16.8. The Labute approximate surface area is 163 Å². The second-order valence-corrected chi connectivity index (χ2v) is 6.50. The minimum Gasteiger partial charge on any atom is -0.496 e. The smallest absolute Gasteiger partial charge is 0.303 e. The van der Waals surface area contributed by atoms with Gasteiger partial charge in [-0.25, -0.2) is 0 Å². The van der Waals surface area contributed by atoms with Crippen LogP contribution in [0.1, 0.15) is 28.0 Å². The molecule has 0 atom stereocenters. The van der Waals surface area contributed by atoms with Gasteiger partial charge in [0.1, 0.15) is 5.75 Å². The quantitative estimate of drug-likeness (QED) is 0.657. The zero-order chi connectivity index (χ0) is 20.3. The van der Waals surface area contributed by atoms with Gasteiger partial charge in [-0.15, -0.1) is 0 Å². The number of aryl methyl sites for hydroxylation is 2. The molecule has 3 aromatic rings. The number of benzene rings is 2. The van der Waals surface area contributed by atoms with Crippen LogP contribution < -0.4 is 10.5 Å². The SMILES string of the molecule is COc1ccccc1-c1ccc(CCC(=O)O)n1-c1ccc(C(N)=O)cc1C. The Morgan fingerprint density at radius 1 is 1.11 bits per heavy atom. The van der Waals surface area contributed by atoms with Crippen molar-refractivity contribution in [1.29, 1.82) is 0 Å². The van der Waals surface area contributed by atoms with Crippen molar-refractivity contribution in [3.8, 4) is 22.7 Å².